The Kier molecular flexibility index (Phi) is 1.41. The summed E-state index contributed by atoms with van der Waals surface area (Å²) in [5.41, 5.74) is 0.325. The van der Waals surface area contributed by atoms with Crippen LogP contribution < -0.4 is 0 Å². The van der Waals surface area contributed by atoms with Gasteiger partial charge in [0.25, 0.3) is 0 Å². The van der Waals surface area contributed by atoms with Gasteiger partial charge in [0.2, 0.25) is 0 Å². The van der Waals surface area contributed by atoms with Crippen molar-refractivity contribution in [3.05, 3.63) is 12.2 Å². The molecule has 0 aliphatic heterocycles. The highest BCUT2D eigenvalue weighted by molar-refractivity contribution is 5.93. The molecule has 2 aliphatic rings. The third kappa shape index (κ3) is 0.943. The summed E-state index contributed by atoms with van der Waals surface area (Å²) in [5, 5.41) is 0. The van der Waals surface area contributed by atoms with E-state index in [-0.39, 0.29) is 0 Å². The van der Waals surface area contributed by atoms with Gasteiger partial charge in [-0.05, 0) is 30.8 Å². The van der Waals surface area contributed by atoms with Gasteiger partial charge in [-0.3, -0.25) is 4.79 Å². The summed E-state index contributed by atoms with van der Waals surface area (Å²) in [4.78, 5) is 11.4. The summed E-state index contributed by atoms with van der Waals surface area (Å²) in [7, 11) is 0. The first-order valence-corrected chi connectivity index (χ1v) is 4.43. The smallest absolute Gasteiger partial charge is 0.158 e. The number of ketones is 1. The lowest BCUT2D eigenvalue weighted by atomic mass is 9.72. The molecule has 0 amide bonds. The molecule has 0 aromatic heterocycles. The Hall–Kier alpha value is -0.590. The minimum Gasteiger partial charge on any atom is -0.295 e. The molecular weight excluding hydrogens is 136 g/mol. The van der Waals surface area contributed by atoms with Crippen LogP contribution in [0.3, 0.4) is 0 Å². The zero-order chi connectivity index (χ0) is 7.90. The molecule has 0 bridgehead atoms. The van der Waals surface area contributed by atoms with Gasteiger partial charge in [-0.25, -0.2) is 0 Å². The number of carbonyl (C=O) groups is 1. The molecule has 60 valence electrons. The van der Waals surface area contributed by atoms with E-state index >= 15 is 0 Å². The second-order valence-corrected chi connectivity index (χ2v) is 4.11. The van der Waals surface area contributed by atoms with Crippen LogP contribution in [-0.2, 0) is 4.79 Å². The van der Waals surface area contributed by atoms with Crippen molar-refractivity contribution in [3.8, 4) is 0 Å². The lowest BCUT2D eigenvalue weighted by Gasteiger charge is -2.31. The number of fused-ring (bicyclic) bond motifs is 1. The summed E-state index contributed by atoms with van der Waals surface area (Å²) >= 11 is 0. The number of rotatable bonds is 0. The van der Waals surface area contributed by atoms with Gasteiger partial charge in [0.05, 0.1) is 0 Å². The summed E-state index contributed by atoms with van der Waals surface area (Å²) < 4.78 is 0. The van der Waals surface area contributed by atoms with Crippen molar-refractivity contribution in [2.75, 3.05) is 0 Å². The fourth-order valence-electron chi connectivity index (χ4n) is 2.52. The first-order chi connectivity index (χ1) is 5.22. The molecular formula is C10H14O. The number of allylic oxidation sites excluding steroid dienone is 2. The van der Waals surface area contributed by atoms with E-state index in [1.165, 1.54) is 12.8 Å². The topological polar surface area (TPSA) is 17.1 Å². The SMILES string of the molecule is CC12CC=CC(=O)C1CCC2. The van der Waals surface area contributed by atoms with Gasteiger partial charge in [0, 0.05) is 5.92 Å². The highest BCUT2D eigenvalue weighted by Gasteiger charge is 2.42. The van der Waals surface area contributed by atoms with Gasteiger partial charge in [-0.15, -0.1) is 0 Å². The Bertz CT molecular complexity index is 217. The van der Waals surface area contributed by atoms with Crippen LogP contribution >= 0.6 is 0 Å². The molecule has 0 spiro atoms. The van der Waals surface area contributed by atoms with Gasteiger partial charge < -0.3 is 0 Å². The fraction of sp³-hybridized carbons (Fsp3) is 0.700. The number of hydrogen-bond donors (Lipinski definition) is 0. The van der Waals surface area contributed by atoms with Gasteiger partial charge >= 0.3 is 0 Å². The van der Waals surface area contributed by atoms with Crippen LogP contribution in [0.5, 0.6) is 0 Å². The summed E-state index contributed by atoms with van der Waals surface area (Å²) in [5.74, 6) is 0.726. The summed E-state index contributed by atoms with van der Waals surface area (Å²) in [6, 6.07) is 0. The monoisotopic (exact) mass is 150 g/mol. The van der Waals surface area contributed by atoms with Gasteiger partial charge in [-0.1, -0.05) is 19.4 Å². The average Bonchev–Trinajstić information content (AvgIpc) is 2.31. The first kappa shape index (κ1) is 7.08. The van der Waals surface area contributed by atoms with E-state index in [9.17, 15) is 4.79 Å². The van der Waals surface area contributed by atoms with Gasteiger partial charge in [-0.2, -0.15) is 0 Å². The van der Waals surface area contributed by atoms with Crippen LogP contribution in [0.25, 0.3) is 0 Å². The fourth-order valence-corrected chi connectivity index (χ4v) is 2.52. The quantitative estimate of drug-likeness (QED) is 0.518. The van der Waals surface area contributed by atoms with E-state index in [1.54, 1.807) is 6.08 Å². The van der Waals surface area contributed by atoms with Crippen LogP contribution in [0.1, 0.15) is 32.6 Å². The molecule has 2 atom stereocenters. The van der Waals surface area contributed by atoms with Gasteiger partial charge in [0.15, 0.2) is 5.78 Å². The van der Waals surface area contributed by atoms with Crippen LogP contribution in [0.4, 0.5) is 0 Å². The highest BCUT2D eigenvalue weighted by Crippen LogP contribution is 2.48. The van der Waals surface area contributed by atoms with Crippen LogP contribution in [0.2, 0.25) is 0 Å². The van der Waals surface area contributed by atoms with Crippen molar-refractivity contribution < 1.29 is 4.79 Å². The van der Waals surface area contributed by atoms with Crippen molar-refractivity contribution >= 4 is 5.78 Å². The second kappa shape index (κ2) is 2.20. The van der Waals surface area contributed by atoms with E-state index in [0.717, 1.165) is 12.8 Å². The van der Waals surface area contributed by atoms with Crippen molar-refractivity contribution in [1.29, 1.82) is 0 Å². The second-order valence-electron chi connectivity index (χ2n) is 4.11. The minimum absolute atomic E-state index is 0.325. The molecule has 0 radical (unpaired) electrons. The zero-order valence-electron chi connectivity index (χ0n) is 6.97. The molecule has 1 fully saturated rings. The summed E-state index contributed by atoms with van der Waals surface area (Å²) in [6.45, 7) is 2.26. The maximum Gasteiger partial charge on any atom is 0.158 e. The Morgan fingerprint density at radius 1 is 1.64 bits per heavy atom. The third-order valence-electron chi connectivity index (χ3n) is 3.29. The Labute approximate surface area is 67.5 Å². The van der Waals surface area contributed by atoms with E-state index < -0.39 is 0 Å². The van der Waals surface area contributed by atoms with Crippen LogP contribution in [-0.4, -0.2) is 5.78 Å². The number of carbonyl (C=O) groups excluding carboxylic acids is 1. The van der Waals surface area contributed by atoms with Gasteiger partial charge in [0.1, 0.15) is 0 Å². The lowest BCUT2D eigenvalue weighted by Crippen LogP contribution is -2.29. The molecule has 1 heteroatoms. The minimum atomic E-state index is 0.325. The molecule has 0 aromatic rings. The largest absolute Gasteiger partial charge is 0.295 e. The predicted molar refractivity (Wildman–Crippen MR) is 44.2 cm³/mol. The van der Waals surface area contributed by atoms with Crippen molar-refractivity contribution in [3.63, 3.8) is 0 Å². The highest BCUT2D eigenvalue weighted by atomic mass is 16.1. The maximum atomic E-state index is 11.4. The van der Waals surface area contributed by atoms with Crippen molar-refractivity contribution in [2.24, 2.45) is 11.3 Å². The Balaban J connectivity index is 2.32. The van der Waals surface area contributed by atoms with Crippen LogP contribution in [0, 0.1) is 11.3 Å². The Morgan fingerprint density at radius 3 is 3.18 bits per heavy atom. The maximum absolute atomic E-state index is 11.4. The molecule has 0 saturated heterocycles. The molecule has 0 aromatic carbocycles. The van der Waals surface area contributed by atoms with Crippen molar-refractivity contribution in [2.45, 2.75) is 32.6 Å². The predicted octanol–water partition coefficient (Wildman–Crippen LogP) is 2.32. The van der Waals surface area contributed by atoms with E-state index in [4.69, 9.17) is 0 Å². The first-order valence-electron chi connectivity index (χ1n) is 4.43. The van der Waals surface area contributed by atoms with Crippen molar-refractivity contribution in [1.82, 2.24) is 0 Å². The lowest BCUT2D eigenvalue weighted by molar-refractivity contribution is -0.121. The normalized spacial score (nSPS) is 42.6. The molecule has 0 N–H and O–H groups in total. The zero-order valence-corrected chi connectivity index (χ0v) is 6.97. The van der Waals surface area contributed by atoms with E-state index in [2.05, 4.69) is 6.92 Å². The molecule has 1 nitrogen and oxygen atoms in total. The van der Waals surface area contributed by atoms with E-state index in [0.29, 0.717) is 17.1 Å². The molecule has 0 heterocycles. The molecule has 11 heavy (non-hydrogen) atoms. The molecule has 2 rings (SSSR count). The summed E-state index contributed by atoms with van der Waals surface area (Å²) in [6.07, 6.45) is 8.55. The third-order valence-corrected chi connectivity index (χ3v) is 3.29. The molecule has 1 saturated carbocycles. The molecule has 2 aliphatic carbocycles. The molecule has 2 unspecified atom stereocenters. The van der Waals surface area contributed by atoms with Crippen LogP contribution in [0.15, 0.2) is 12.2 Å². The van der Waals surface area contributed by atoms with E-state index in [1.807, 2.05) is 6.08 Å². The number of hydrogen-bond acceptors (Lipinski definition) is 1. The standard InChI is InChI=1S/C10H14O/c1-10-6-2-4-8(10)9(11)5-3-7-10/h3,5,8H,2,4,6-7H2,1H3. The Morgan fingerprint density at radius 2 is 2.45 bits per heavy atom. The average molecular weight is 150 g/mol.